The van der Waals surface area contributed by atoms with Gasteiger partial charge in [0.2, 0.25) is 0 Å². The molecule has 88 valence electrons. The molecule has 0 amide bonds. The SMILES string of the molecule is Cc1nn(-c2ccccc2O)c2c1CCOC2. The summed E-state index contributed by atoms with van der Waals surface area (Å²) in [5, 5.41) is 14.4. The monoisotopic (exact) mass is 230 g/mol. The Kier molecular flexibility index (Phi) is 2.37. The first-order chi connectivity index (χ1) is 8.27. The Morgan fingerprint density at radius 3 is 3.00 bits per heavy atom. The van der Waals surface area contributed by atoms with Crippen LogP contribution in [0.1, 0.15) is 17.0 Å². The molecule has 1 aliphatic heterocycles. The second kappa shape index (κ2) is 3.89. The number of aromatic hydroxyl groups is 1. The highest BCUT2D eigenvalue weighted by Crippen LogP contribution is 2.27. The van der Waals surface area contributed by atoms with Crippen molar-refractivity contribution in [1.82, 2.24) is 9.78 Å². The molecule has 0 bridgehead atoms. The van der Waals surface area contributed by atoms with Crippen molar-refractivity contribution in [1.29, 1.82) is 0 Å². The van der Waals surface area contributed by atoms with Crippen molar-refractivity contribution < 1.29 is 9.84 Å². The second-order valence-electron chi connectivity index (χ2n) is 4.21. The maximum atomic E-state index is 9.87. The quantitative estimate of drug-likeness (QED) is 0.814. The summed E-state index contributed by atoms with van der Waals surface area (Å²) in [7, 11) is 0. The number of benzene rings is 1. The number of aryl methyl sites for hydroxylation is 1. The standard InChI is InChI=1S/C13H14N2O2/c1-9-10-6-7-17-8-12(10)15(14-9)11-4-2-3-5-13(11)16/h2-5,16H,6-8H2,1H3. The molecule has 4 heteroatoms. The van der Waals surface area contributed by atoms with Gasteiger partial charge in [-0.3, -0.25) is 0 Å². The lowest BCUT2D eigenvalue weighted by molar-refractivity contribution is 0.106. The molecule has 2 aromatic rings. The van der Waals surface area contributed by atoms with Crippen molar-refractivity contribution in [3.63, 3.8) is 0 Å². The van der Waals surface area contributed by atoms with Gasteiger partial charge in [0.1, 0.15) is 11.4 Å². The van der Waals surface area contributed by atoms with Gasteiger partial charge in [0.25, 0.3) is 0 Å². The first kappa shape index (κ1) is 10.4. The fourth-order valence-corrected chi connectivity index (χ4v) is 2.27. The minimum absolute atomic E-state index is 0.239. The Labute approximate surface area is 99.5 Å². The number of rotatable bonds is 1. The van der Waals surface area contributed by atoms with Crippen LogP contribution in [-0.2, 0) is 17.8 Å². The van der Waals surface area contributed by atoms with Crippen molar-refractivity contribution in [3.05, 3.63) is 41.2 Å². The number of ether oxygens (including phenoxy) is 1. The van der Waals surface area contributed by atoms with Crippen LogP contribution in [0, 0.1) is 6.92 Å². The van der Waals surface area contributed by atoms with Crippen LogP contribution in [0.25, 0.3) is 5.69 Å². The van der Waals surface area contributed by atoms with Gasteiger partial charge < -0.3 is 9.84 Å². The van der Waals surface area contributed by atoms with Crippen LogP contribution in [0.15, 0.2) is 24.3 Å². The van der Waals surface area contributed by atoms with Crippen molar-refractivity contribution >= 4 is 0 Å². The van der Waals surface area contributed by atoms with Crippen molar-refractivity contribution in [3.8, 4) is 11.4 Å². The molecule has 0 radical (unpaired) electrons. The lowest BCUT2D eigenvalue weighted by Crippen LogP contribution is -2.12. The van der Waals surface area contributed by atoms with Gasteiger partial charge in [0.05, 0.1) is 24.6 Å². The number of phenolic OH excluding ortho intramolecular Hbond substituents is 1. The van der Waals surface area contributed by atoms with E-state index in [1.807, 2.05) is 19.1 Å². The number of fused-ring (bicyclic) bond motifs is 1. The number of aromatic nitrogens is 2. The molecule has 0 saturated heterocycles. The van der Waals surface area contributed by atoms with E-state index in [1.54, 1.807) is 16.8 Å². The molecule has 0 unspecified atom stereocenters. The van der Waals surface area contributed by atoms with Gasteiger partial charge in [-0.15, -0.1) is 0 Å². The Hall–Kier alpha value is -1.81. The number of phenols is 1. The van der Waals surface area contributed by atoms with Gasteiger partial charge in [-0.2, -0.15) is 5.10 Å². The van der Waals surface area contributed by atoms with Crippen LogP contribution >= 0.6 is 0 Å². The molecule has 1 aromatic heterocycles. The highest BCUT2D eigenvalue weighted by molar-refractivity contribution is 5.47. The third-order valence-electron chi connectivity index (χ3n) is 3.14. The van der Waals surface area contributed by atoms with Gasteiger partial charge in [-0.1, -0.05) is 12.1 Å². The van der Waals surface area contributed by atoms with E-state index in [0.717, 1.165) is 24.4 Å². The molecular weight excluding hydrogens is 216 g/mol. The number of hydrogen-bond donors (Lipinski definition) is 1. The summed E-state index contributed by atoms with van der Waals surface area (Å²) < 4.78 is 7.26. The fraction of sp³-hybridized carbons (Fsp3) is 0.308. The third kappa shape index (κ3) is 1.61. The van der Waals surface area contributed by atoms with Gasteiger partial charge in [0, 0.05) is 5.56 Å². The molecule has 0 saturated carbocycles. The fourth-order valence-electron chi connectivity index (χ4n) is 2.27. The zero-order chi connectivity index (χ0) is 11.8. The van der Waals surface area contributed by atoms with E-state index in [-0.39, 0.29) is 5.75 Å². The van der Waals surface area contributed by atoms with Gasteiger partial charge in [-0.05, 0) is 25.5 Å². The summed E-state index contributed by atoms with van der Waals surface area (Å²) in [5.41, 5.74) is 4.03. The molecule has 17 heavy (non-hydrogen) atoms. The molecule has 1 aromatic carbocycles. The third-order valence-corrected chi connectivity index (χ3v) is 3.14. The summed E-state index contributed by atoms with van der Waals surface area (Å²) in [6.45, 7) is 3.31. The molecule has 0 fully saturated rings. The normalized spacial score (nSPS) is 14.6. The molecule has 2 heterocycles. The second-order valence-corrected chi connectivity index (χ2v) is 4.21. The molecule has 0 atom stereocenters. The molecule has 3 rings (SSSR count). The molecule has 1 aliphatic rings. The van der Waals surface area contributed by atoms with E-state index in [9.17, 15) is 5.11 Å². The predicted octanol–water partition coefficient (Wildman–Crippen LogP) is 1.96. The summed E-state index contributed by atoms with van der Waals surface area (Å²) in [6, 6.07) is 7.22. The maximum absolute atomic E-state index is 9.87. The van der Waals surface area contributed by atoms with Gasteiger partial charge >= 0.3 is 0 Å². The number of para-hydroxylation sites is 2. The summed E-state index contributed by atoms with van der Waals surface area (Å²) >= 11 is 0. The van der Waals surface area contributed by atoms with Crippen LogP contribution in [0.5, 0.6) is 5.75 Å². The van der Waals surface area contributed by atoms with Crippen molar-refractivity contribution in [2.45, 2.75) is 20.0 Å². The smallest absolute Gasteiger partial charge is 0.141 e. The lowest BCUT2D eigenvalue weighted by Gasteiger charge is -2.15. The molecular formula is C13H14N2O2. The topological polar surface area (TPSA) is 47.3 Å². The van der Waals surface area contributed by atoms with Gasteiger partial charge in [0.15, 0.2) is 0 Å². The van der Waals surface area contributed by atoms with Crippen molar-refractivity contribution in [2.24, 2.45) is 0 Å². The Morgan fingerprint density at radius 1 is 1.35 bits per heavy atom. The van der Waals surface area contributed by atoms with Crippen molar-refractivity contribution in [2.75, 3.05) is 6.61 Å². The molecule has 0 spiro atoms. The van der Waals surface area contributed by atoms with Crippen LogP contribution in [-0.4, -0.2) is 21.5 Å². The highest BCUT2D eigenvalue weighted by Gasteiger charge is 2.20. The van der Waals surface area contributed by atoms with Crippen LogP contribution in [0.3, 0.4) is 0 Å². The first-order valence-corrected chi connectivity index (χ1v) is 5.71. The van der Waals surface area contributed by atoms with E-state index >= 15 is 0 Å². The molecule has 0 aliphatic carbocycles. The van der Waals surface area contributed by atoms with E-state index < -0.39 is 0 Å². The maximum Gasteiger partial charge on any atom is 0.141 e. The van der Waals surface area contributed by atoms with Crippen LogP contribution < -0.4 is 0 Å². The van der Waals surface area contributed by atoms with Gasteiger partial charge in [-0.25, -0.2) is 4.68 Å². The van der Waals surface area contributed by atoms with E-state index in [2.05, 4.69) is 5.10 Å². The van der Waals surface area contributed by atoms with E-state index in [4.69, 9.17) is 4.74 Å². The molecule has 1 N–H and O–H groups in total. The zero-order valence-electron chi connectivity index (χ0n) is 9.68. The summed E-state index contributed by atoms with van der Waals surface area (Å²) in [4.78, 5) is 0. The van der Waals surface area contributed by atoms with E-state index in [0.29, 0.717) is 12.3 Å². The van der Waals surface area contributed by atoms with E-state index in [1.165, 1.54) is 5.56 Å². The minimum atomic E-state index is 0.239. The number of hydrogen-bond acceptors (Lipinski definition) is 3. The average Bonchev–Trinajstić information content (AvgIpc) is 2.68. The Morgan fingerprint density at radius 2 is 2.18 bits per heavy atom. The average molecular weight is 230 g/mol. The zero-order valence-corrected chi connectivity index (χ0v) is 9.68. The Balaban J connectivity index is 2.19. The summed E-state index contributed by atoms with van der Waals surface area (Å²) in [6.07, 6.45) is 0.898. The first-order valence-electron chi connectivity index (χ1n) is 5.71. The Bertz CT molecular complexity index is 561. The number of nitrogens with zero attached hydrogens (tertiary/aromatic N) is 2. The highest BCUT2D eigenvalue weighted by atomic mass is 16.5. The summed E-state index contributed by atoms with van der Waals surface area (Å²) in [5.74, 6) is 0.239. The lowest BCUT2D eigenvalue weighted by atomic mass is 10.1. The van der Waals surface area contributed by atoms with Crippen LogP contribution in [0.4, 0.5) is 0 Å². The molecule has 4 nitrogen and oxygen atoms in total. The predicted molar refractivity (Wildman–Crippen MR) is 63.3 cm³/mol. The van der Waals surface area contributed by atoms with Crippen LogP contribution in [0.2, 0.25) is 0 Å². The largest absolute Gasteiger partial charge is 0.506 e. The minimum Gasteiger partial charge on any atom is -0.506 e.